The average Bonchev–Trinajstić information content (AvgIpc) is 2.33. The number of hydrogen-bond acceptors (Lipinski definition) is 4. The van der Waals surface area contributed by atoms with Gasteiger partial charge < -0.3 is 24.9 Å². The molecule has 0 aliphatic rings. The molecule has 0 rings (SSSR count). The number of nitrogens with zero attached hydrogens (tertiary/aromatic N) is 1. The summed E-state index contributed by atoms with van der Waals surface area (Å²) in [6.45, 7) is 6.68. The molecule has 0 aromatic heterocycles. The van der Waals surface area contributed by atoms with Gasteiger partial charge in [0.1, 0.15) is 11.9 Å². The first-order valence-corrected chi connectivity index (χ1v) is 7.14. The molecule has 0 unspecified atom stereocenters. The number of aldehydes is 1. The highest BCUT2D eigenvalue weighted by molar-refractivity contribution is 5.68. The average molecular weight is 302 g/mol. The van der Waals surface area contributed by atoms with Crippen molar-refractivity contribution in [2.24, 2.45) is 0 Å². The third kappa shape index (κ3) is 11.7. The fourth-order valence-electron chi connectivity index (χ4n) is 1.61. The molecule has 0 aromatic rings. The van der Waals surface area contributed by atoms with Crippen LogP contribution in [0.2, 0.25) is 0 Å². The summed E-state index contributed by atoms with van der Waals surface area (Å²) >= 11 is 0. The molecule has 2 amide bonds. The Morgan fingerprint density at radius 3 is 2.33 bits per heavy atom. The lowest BCUT2D eigenvalue weighted by Gasteiger charge is -2.27. The highest BCUT2D eigenvalue weighted by Gasteiger charge is 2.21. The highest BCUT2D eigenvalue weighted by atomic mass is 16.6. The predicted octanol–water partition coefficient (Wildman–Crippen LogP) is 2.25. The number of rotatable bonds is 9. The molecule has 0 aliphatic carbocycles. The van der Waals surface area contributed by atoms with Gasteiger partial charge in [-0.1, -0.05) is 0 Å². The Bertz CT molecular complexity index is 339. The molecule has 2 N–H and O–H groups in total. The lowest BCUT2D eigenvalue weighted by atomic mass is 10.2. The van der Waals surface area contributed by atoms with Gasteiger partial charge in [-0.05, 0) is 40.0 Å². The predicted molar refractivity (Wildman–Crippen MR) is 78.4 cm³/mol. The fourth-order valence-corrected chi connectivity index (χ4v) is 1.61. The maximum absolute atomic E-state index is 12.0. The monoisotopic (exact) mass is 302 g/mol. The van der Waals surface area contributed by atoms with Crippen LogP contribution >= 0.6 is 0 Å². The number of amides is 2. The summed E-state index contributed by atoms with van der Waals surface area (Å²) in [7, 11) is 0. The topological polar surface area (TPSA) is 95.9 Å². The molecule has 0 atom stereocenters. The first-order chi connectivity index (χ1) is 9.76. The molecule has 0 saturated carbocycles. The van der Waals surface area contributed by atoms with Gasteiger partial charge in [0.05, 0.1) is 0 Å². The standard InChI is InChI=1S/C14H26N2O5/c1-14(2,3)21-13(20)16(10-6-7-11-17)9-5-4-8-15-12(18)19/h11,15H,4-10H2,1-3H3,(H,18,19). The normalized spacial score (nSPS) is 10.8. The van der Waals surface area contributed by atoms with E-state index < -0.39 is 17.8 Å². The SMILES string of the molecule is CC(C)(C)OC(=O)N(CCCC=O)CCCCNC(=O)O. The minimum absolute atomic E-state index is 0.353. The van der Waals surface area contributed by atoms with Crippen LogP contribution in [0.3, 0.4) is 0 Å². The molecule has 0 spiro atoms. The summed E-state index contributed by atoms with van der Waals surface area (Å²) in [6.07, 6.45) is 1.67. The van der Waals surface area contributed by atoms with Crippen molar-refractivity contribution in [3.8, 4) is 0 Å². The van der Waals surface area contributed by atoms with E-state index in [0.717, 1.165) is 6.29 Å². The van der Waals surface area contributed by atoms with Gasteiger partial charge in [0.2, 0.25) is 0 Å². The third-order valence-electron chi connectivity index (χ3n) is 2.53. The number of hydrogen-bond donors (Lipinski definition) is 2. The molecule has 0 heterocycles. The van der Waals surface area contributed by atoms with Gasteiger partial charge in [-0.15, -0.1) is 0 Å². The Morgan fingerprint density at radius 1 is 1.19 bits per heavy atom. The van der Waals surface area contributed by atoms with E-state index in [1.807, 2.05) is 0 Å². The Labute approximate surface area is 125 Å². The van der Waals surface area contributed by atoms with Crippen LogP contribution in [-0.4, -0.2) is 53.7 Å². The Balaban J connectivity index is 4.21. The largest absolute Gasteiger partial charge is 0.465 e. The third-order valence-corrected chi connectivity index (χ3v) is 2.53. The van der Waals surface area contributed by atoms with Crippen molar-refractivity contribution < 1.29 is 24.2 Å². The number of nitrogens with one attached hydrogen (secondary N) is 1. The minimum atomic E-state index is -1.05. The van der Waals surface area contributed by atoms with Gasteiger partial charge in [-0.25, -0.2) is 9.59 Å². The van der Waals surface area contributed by atoms with Crippen molar-refractivity contribution in [1.29, 1.82) is 0 Å². The van der Waals surface area contributed by atoms with E-state index in [9.17, 15) is 14.4 Å². The van der Waals surface area contributed by atoms with Crippen LogP contribution in [0.15, 0.2) is 0 Å². The number of carbonyl (C=O) groups excluding carboxylic acids is 2. The molecule has 0 aromatic carbocycles. The quantitative estimate of drug-likeness (QED) is 0.503. The first-order valence-electron chi connectivity index (χ1n) is 7.14. The van der Waals surface area contributed by atoms with Crippen LogP contribution in [0.5, 0.6) is 0 Å². The zero-order valence-electron chi connectivity index (χ0n) is 13.1. The van der Waals surface area contributed by atoms with E-state index in [0.29, 0.717) is 45.3 Å². The van der Waals surface area contributed by atoms with Crippen LogP contribution in [0.1, 0.15) is 46.5 Å². The summed E-state index contributed by atoms with van der Waals surface area (Å²) in [5.41, 5.74) is -0.565. The number of unbranched alkanes of at least 4 members (excludes halogenated alkanes) is 2. The van der Waals surface area contributed by atoms with Gasteiger partial charge in [-0.2, -0.15) is 0 Å². The molecular weight excluding hydrogens is 276 g/mol. The number of carboxylic acid groups (broad SMARTS) is 1. The van der Waals surface area contributed by atoms with Crippen molar-refractivity contribution in [1.82, 2.24) is 10.2 Å². The van der Waals surface area contributed by atoms with E-state index in [2.05, 4.69) is 5.32 Å². The van der Waals surface area contributed by atoms with Crippen molar-refractivity contribution in [3.05, 3.63) is 0 Å². The maximum atomic E-state index is 12.0. The van der Waals surface area contributed by atoms with Crippen molar-refractivity contribution in [3.63, 3.8) is 0 Å². The lowest BCUT2D eigenvalue weighted by molar-refractivity contribution is -0.108. The van der Waals surface area contributed by atoms with Crippen LogP contribution in [0.25, 0.3) is 0 Å². The summed E-state index contributed by atoms with van der Waals surface area (Å²) in [6, 6.07) is 0. The molecule has 0 saturated heterocycles. The van der Waals surface area contributed by atoms with Crippen molar-refractivity contribution in [2.45, 2.75) is 52.1 Å². The lowest BCUT2D eigenvalue weighted by Crippen LogP contribution is -2.38. The second kappa shape index (κ2) is 10.0. The maximum Gasteiger partial charge on any atom is 0.410 e. The molecule has 0 radical (unpaired) electrons. The summed E-state index contributed by atoms with van der Waals surface area (Å²) < 4.78 is 5.31. The van der Waals surface area contributed by atoms with Gasteiger partial charge in [0, 0.05) is 26.1 Å². The second-order valence-corrected chi connectivity index (χ2v) is 5.72. The Kier molecular flexibility index (Phi) is 9.16. The molecular formula is C14H26N2O5. The molecule has 0 bridgehead atoms. The zero-order chi connectivity index (χ0) is 16.3. The van der Waals surface area contributed by atoms with E-state index >= 15 is 0 Å². The number of ether oxygens (including phenoxy) is 1. The van der Waals surface area contributed by atoms with Crippen molar-refractivity contribution in [2.75, 3.05) is 19.6 Å². The van der Waals surface area contributed by atoms with Crippen molar-refractivity contribution >= 4 is 18.5 Å². The van der Waals surface area contributed by atoms with Crippen LogP contribution in [0.4, 0.5) is 9.59 Å². The summed E-state index contributed by atoms with van der Waals surface area (Å²) in [5.74, 6) is 0. The van der Waals surface area contributed by atoms with E-state index in [4.69, 9.17) is 9.84 Å². The summed E-state index contributed by atoms with van der Waals surface area (Å²) in [5, 5.41) is 10.7. The van der Waals surface area contributed by atoms with E-state index in [1.165, 1.54) is 0 Å². The van der Waals surface area contributed by atoms with Crippen LogP contribution in [-0.2, 0) is 9.53 Å². The summed E-state index contributed by atoms with van der Waals surface area (Å²) in [4.78, 5) is 34.3. The van der Waals surface area contributed by atoms with Gasteiger partial charge in [0.15, 0.2) is 0 Å². The van der Waals surface area contributed by atoms with Gasteiger partial charge in [0.25, 0.3) is 0 Å². The molecule has 122 valence electrons. The van der Waals surface area contributed by atoms with Crippen LogP contribution in [0, 0.1) is 0 Å². The van der Waals surface area contributed by atoms with Crippen LogP contribution < -0.4 is 5.32 Å². The zero-order valence-corrected chi connectivity index (χ0v) is 13.1. The fraction of sp³-hybridized carbons (Fsp3) is 0.786. The molecule has 7 heteroatoms. The van der Waals surface area contributed by atoms with E-state index in [1.54, 1.807) is 25.7 Å². The van der Waals surface area contributed by atoms with Gasteiger partial charge >= 0.3 is 12.2 Å². The highest BCUT2D eigenvalue weighted by Crippen LogP contribution is 2.11. The van der Waals surface area contributed by atoms with Gasteiger partial charge in [-0.3, -0.25) is 0 Å². The molecule has 7 nitrogen and oxygen atoms in total. The minimum Gasteiger partial charge on any atom is -0.465 e. The molecule has 21 heavy (non-hydrogen) atoms. The molecule has 0 fully saturated rings. The Hall–Kier alpha value is -1.79. The number of carbonyl (C=O) groups is 3. The van der Waals surface area contributed by atoms with E-state index in [-0.39, 0.29) is 0 Å². The Morgan fingerprint density at radius 2 is 1.81 bits per heavy atom. The second-order valence-electron chi connectivity index (χ2n) is 5.72. The molecule has 0 aliphatic heterocycles. The smallest absolute Gasteiger partial charge is 0.410 e. The first kappa shape index (κ1) is 19.2.